The highest BCUT2D eigenvalue weighted by Crippen LogP contribution is 2.32. The monoisotopic (exact) mass is 339 g/mol. The highest BCUT2D eigenvalue weighted by molar-refractivity contribution is 5.83. The van der Waals surface area contributed by atoms with Gasteiger partial charge in [0.15, 0.2) is 23.1 Å². The molecule has 7 heteroatoms. The molecule has 0 aliphatic heterocycles. The predicted octanol–water partition coefficient (Wildman–Crippen LogP) is 3.09. The van der Waals surface area contributed by atoms with Crippen LogP contribution in [-0.2, 0) is 6.54 Å². The topological polar surface area (TPSA) is 81.2 Å². The Hall–Kier alpha value is -3.09. The molecule has 0 radical (unpaired) electrons. The summed E-state index contributed by atoms with van der Waals surface area (Å²) in [5, 5.41) is 6.54. The molecule has 1 aromatic carbocycles. The summed E-state index contributed by atoms with van der Waals surface area (Å²) in [5.74, 6) is 2.61. The third-order valence-corrected chi connectivity index (χ3v) is 3.68. The molecule has 0 bridgehead atoms. The number of aromatic nitrogens is 3. The molecule has 2 heterocycles. The number of anilines is 2. The van der Waals surface area contributed by atoms with Gasteiger partial charge in [0, 0.05) is 24.9 Å². The Kier molecular flexibility index (Phi) is 5.13. The van der Waals surface area contributed by atoms with E-state index in [9.17, 15) is 0 Å². The van der Waals surface area contributed by atoms with Crippen LogP contribution < -0.4 is 20.1 Å². The van der Waals surface area contributed by atoms with E-state index in [0.29, 0.717) is 29.7 Å². The minimum Gasteiger partial charge on any atom is -0.493 e. The van der Waals surface area contributed by atoms with Crippen molar-refractivity contribution in [1.82, 2.24) is 15.0 Å². The second-order valence-corrected chi connectivity index (χ2v) is 5.32. The summed E-state index contributed by atoms with van der Waals surface area (Å²) >= 11 is 0. The van der Waals surface area contributed by atoms with E-state index in [1.165, 1.54) is 0 Å². The van der Waals surface area contributed by atoms with E-state index in [1.807, 2.05) is 37.3 Å². The van der Waals surface area contributed by atoms with Crippen LogP contribution in [-0.4, -0.2) is 35.7 Å². The number of pyridine rings is 1. The van der Waals surface area contributed by atoms with Crippen LogP contribution in [0.25, 0.3) is 11.0 Å². The number of benzene rings is 1. The molecule has 2 aromatic heterocycles. The lowest BCUT2D eigenvalue weighted by Gasteiger charge is -2.14. The molecule has 130 valence electrons. The van der Waals surface area contributed by atoms with Gasteiger partial charge in [-0.3, -0.25) is 4.98 Å². The van der Waals surface area contributed by atoms with E-state index in [4.69, 9.17) is 14.5 Å². The lowest BCUT2D eigenvalue weighted by molar-refractivity contribution is 0.355. The average molecular weight is 339 g/mol. The fourth-order valence-corrected chi connectivity index (χ4v) is 2.47. The second-order valence-electron chi connectivity index (χ2n) is 5.32. The van der Waals surface area contributed by atoms with Gasteiger partial charge >= 0.3 is 0 Å². The molecule has 3 rings (SSSR count). The first-order chi connectivity index (χ1) is 12.2. The van der Waals surface area contributed by atoms with Crippen molar-refractivity contribution in [2.24, 2.45) is 0 Å². The van der Waals surface area contributed by atoms with Crippen LogP contribution in [0.1, 0.15) is 12.6 Å². The van der Waals surface area contributed by atoms with Crippen LogP contribution in [0.5, 0.6) is 11.5 Å². The molecular formula is C18H21N5O2. The number of rotatable bonds is 7. The van der Waals surface area contributed by atoms with Gasteiger partial charge in [-0.1, -0.05) is 6.07 Å². The molecular weight excluding hydrogens is 318 g/mol. The minimum atomic E-state index is 0.562. The Morgan fingerprint density at radius 3 is 2.08 bits per heavy atom. The summed E-state index contributed by atoms with van der Waals surface area (Å²) in [6, 6.07) is 9.46. The molecule has 0 spiro atoms. The zero-order chi connectivity index (χ0) is 17.6. The molecule has 0 unspecified atom stereocenters. The number of nitrogens with zero attached hydrogens (tertiary/aromatic N) is 3. The Morgan fingerprint density at radius 1 is 0.920 bits per heavy atom. The number of hydrogen-bond acceptors (Lipinski definition) is 7. The third kappa shape index (κ3) is 3.71. The smallest absolute Gasteiger partial charge is 0.170 e. The number of hydrogen-bond donors (Lipinski definition) is 2. The van der Waals surface area contributed by atoms with Gasteiger partial charge in [0.2, 0.25) is 0 Å². The molecule has 0 fully saturated rings. The van der Waals surface area contributed by atoms with Gasteiger partial charge in [-0.2, -0.15) is 0 Å². The molecule has 2 N–H and O–H groups in total. The van der Waals surface area contributed by atoms with Crippen LogP contribution >= 0.6 is 0 Å². The van der Waals surface area contributed by atoms with Gasteiger partial charge in [0.1, 0.15) is 0 Å². The van der Waals surface area contributed by atoms with Crippen molar-refractivity contribution in [2.75, 3.05) is 31.4 Å². The Balaban J connectivity index is 1.98. The highest BCUT2D eigenvalue weighted by Gasteiger charge is 2.12. The van der Waals surface area contributed by atoms with Gasteiger partial charge in [0.25, 0.3) is 0 Å². The van der Waals surface area contributed by atoms with Gasteiger partial charge in [0.05, 0.1) is 37.5 Å². The molecule has 0 aliphatic rings. The van der Waals surface area contributed by atoms with E-state index in [2.05, 4.69) is 20.6 Å². The Labute approximate surface area is 146 Å². The zero-order valence-electron chi connectivity index (χ0n) is 14.5. The largest absolute Gasteiger partial charge is 0.493 e. The molecule has 0 atom stereocenters. The Morgan fingerprint density at radius 2 is 1.56 bits per heavy atom. The lowest BCUT2D eigenvalue weighted by Crippen LogP contribution is -2.09. The average Bonchev–Trinajstić information content (AvgIpc) is 2.66. The summed E-state index contributed by atoms with van der Waals surface area (Å²) in [6.45, 7) is 3.32. The van der Waals surface area contributed by atoms with Crippen molar-refractivity contribution in [3.63, 3.8) is 0 Å². The van der Waals surface area contributed by atoms with E-state index >= 15 is 0 Å². The van der Waals surface area contributed by atoms with Crippen molar-refractivity contribution in [2.45, 2.75) is 13.5 Å². The first-order valence-electron chi connectivity index (χ1n) is 8.06. The maximum absolute atomic E-state index is 5.35. The lowest BCUT2D eigenvalue weighted by atomic mass is 10.2. The van der Waals surface area contributed by atoms with Crippen molar-refractivity contribution in [3.05, 3.63) is 42.2 Å². The number of fused-ring (bicyclic) bond motifs is 1. The highest BCUT2D eigenvalue weighted by atomic mass is 16.5. The minimum absolute atomic E-state index is 0.562. The standard InChI is InChI=1S/C18H21N5O2/c1-4-19-17-18(21-11-12-7-5-6-8-20-12)23-14-10-16(25-3)15(24-2)9-13(14)22-17/h5-10H,4,11H2,1-3H3,(H,19,22)(H,21,23). The molecule has 7 nitrogen and oxygen atoms in total. The molecule has 0 aliphatic carbocycles. The summed E-state index contributed by atoms with van der Waals surface area (Å²) in [4.78, 5) is 13.7. The fourth-order valence-electron chi connectivity index (χ4n) is 2.47. The zero-order valence-corrected chi connectivity index (χ0v) is 14.5. The van der Waals surface area contributed by atoms with E-state index < -0.39 is 0 Å². The maximum atomic E-state index is 5.35. The van der Waals surface area contributed by atoms with Crippen molar-refractivity contribution >= 4 is 22.7 Å². The van der Waals surface area contributed by atoms with Crippen LogP contribution in [0.4, 0.5) is 11.6 Å². The normalized spacial score (nSPS) is 10.5. The van der Waals surface area contributed by atoms with Crippen LogP contribution in [0.15, 0.2) is 36.5 Å². The van der Waals surface area contributed by atoms with Crippen LogP contribution in [0, 0.1) is 0 Å². The summed E-state index contributed by atoms with van der Waals surface area (Å²) in [6.07, 6.45) is 1.77. The van der Waals surface area contributed by atoms with Gasteiger partial charge in [-0.15, -0.1) is 0 Å². The van der Waals surface area contributed by atoms with Crippen LogP contribution in [0.2, 0.25) is 0 Å². The van der Waals surface area contributed by atoms with Gasteiger partial charge in [-0.25, -0.2) is 9.97 Å². The molecule has 0 amide bonds. The molecule has 25 heavy (non-hydrogen) atoms. The maximum Gasteiger partial charge on any atom is 0.170 e. The van der Waals surface area contributed by atoms with E-state index in [1.54, 1.807) is 20.4 Å². The summed E-state index contributed by atoms with van der Waals surface area (Å²) in [7, 11) is 3.20. The summed E-state index contributed by atoms with van der Waals surface area (Å²) < 4.78 is 10.7. The first-order valence-corrected chi connectivity index (χ1v) is 8.06. The van der Waals surface area contributed by atoms with Gasteiger partial charge < -0.3 is 20.1 Å². The van der Waals surface area contributed by atoms with Crippen molar-refractivity contribution in [3.8, 4) is 11.5 Å². The number of ether oxygens (including phenoxy) is 2. The predicted molar refractivity (Wildman–Crippen MR) is 98.4 cm³/mol. The molecule has 0 saturated heterocycles. The number of nitrogens with one attached hydrogen (secondary N) is 2. The molecule has 0 saturated carbocycles. The second kappa shape index (κ2) is 7.65. The summed E-state index contributed by atoms with van der Waals surface area (Å²) in [5.41, 5.74) is 2.39. The third-order valence-electron chi connectivity index (χ3n) is 3.68. The quantitative estimate of drug-likeness (QED) is 0.684. The van der Waals surface area contributed by atoms with Crippen LogP contribution in [0.3, 0.4) is 0 Å². The van der Waals surface area contributed by atoms with E-state index in [-0.39, 0.29) is 0 Å². The van der Waals surface area contributed by atoms with E-state index in [0.717, 1.165) is 23.3 Å². The number of methoxy groups -OCH3 is 2. The Bertz CT molecular complexity index is 855. The van der Waals surface area contributed by atoms with Crippen molar-refractivity contribution in [1.29, 1.82) is 0 Å². The fraction of sp³-hybridized carbons (Fsp3) is 0.278. The molecule has 3 aromatic rings. The first kappa shape index (κ1) is 16.8. The van der Waals surface area contributed by atoms with Gasteiger partial charge in [-0.05, 0) is 19.1 Å². The SMILES string of the molecule is CCNc1nc2cc(OC)c(OC)cc2nc1NCc1ccccn1. The van der Waals surface area contributed by atoms with Crippen molar-refractivity contribution < 1.29 is 9.47 Å².